The third-order valence-electron chi connectivity index (χ3n) is 3.96. The maximum Gasteiger partial charge on any atom is 0.310 e. The molecule has 1 heterocycles. The van der Waals surface area contributed by atoms with E-state index in [1.54, 1.807) is 7.11 Å². The number of carbonyl (C=O) groups excluding carboxylic acids is 1. The first-order chi connectivity index (χ1) is 10.1. The van der Waals surface area contributed by atoms with Crippen LogP contribution < -0.4 is 4.74 Å². The third kappa shape index (κ3) is 4.21. The summed E-state index contributed by atoms with van der Waals surface area (Å²) in [4.78, 5) is 14.2. The molecule has 1 saturated heterocycles. The van der Waals surface area contributed by atoms with Gasteiger partial charge in [0.15, 0.2) is 0 Å². The molecule has 1 unspecified atom stereocenters. The van der Waals surface area contributed by atoms with Gasteiger partial charge in [0.1, 0.15) is 5.75 Å². The summed E-state index contributed by atoms with van der Waals surface area (Å²) >= 11 is 0. The van der Waals surface area contributed by atoms with E-state index < -0.39 is 0 Å². The summed E-state index contributed by atoms with van der Waals surface area (Å²) in [6, 6.07) is 6.23. The van der Waals surface area contributed by atoms with Crippen LogP contribution in [0.2, 0.25) is 0 Å². The molecule has 21 heavy (non-hydrogen) atoms. The summed E-state index contributed by atoms with van der Waals surface area (Å²) in [6.45, 7) is 7.02. The monoisotopic (exact) mass is 291 g/mol. The van der Waals surface area contributed by atoms with Crippen LogP contribution >= 0.6 is 0 Å². The van der Waals surface area contributed by atoms with Crippen molar-refractivity contribution in [2.24, 2.45) is 5.92 Å². The number of piperidine rings is 1. The standard InChI is InChI=1S/C17H25NO3/c1-4-21-17(19)14-6-5-9-18(11-14)12-15-10-13(2)7-8-16(15)20-3/h7-8,10,14H,4-6,9,11-12H2,1-3H3. The van der Waals surface area contributed by atoms with Crippen LogP contribution in [0.3, 0.4) is 0 Å². The molecule has 116 valence electrons. The molecule has 1 aliphatic rings. The fourth-order valence-corrected chi connectivity index (χ4v) is 2.92. The van der Waals surface area contributed by atoms with E-state index in [1.807, 2.05) is 13.0 Å². The second kappa shape index (κ2) is 7.46. The highest BCUT2D eigenvalue weighted by molar-refractivity contribution is 5.72. The molecule has 0 aliphatic carbocycles. The van der Waals surface area contributed by atoms with Crippen molar-refractivity contribution in [2.75, 3.05) is 26.8 Å². The van der Waals surface area contributed by atoms with Gasteiger partial charge in [-0.2, -0.15) is 0 Å². The maximum atomic E-state index is 11.9. The Hall–Kier alpha value is -1.55. The molecule has 0 spiro atoms. The van der Waals surface area contributed by atoms with Gasteiger partial charge in [0, 0.05) is 18.7 Å². The van der Waals surface area contributed by atoms with E-state index in [2.05, 4.69) is 24.0 Å². The Morgan fingerprint density at radius 2 is 2.24 bits per heavy atom. The van der Waals surface area contributed by atoms with Gasteiger partial charge in [-0.25, -0.2) is 0 Å². The minimum atomic E-state index is -0.0570. The Morgan fingerprint density at radius 1 is 1.43 bits per heavy atom. The molecule has 0 radical (unpaired) electrons. The Bertz CT molecular complexity index is 487. The number of hydrogen-bond donors (Lipinski definition) is 0. The summed E-state index contributed by atoms with van der Waals surface area (Å²) < 4.78 is 10.6. The van der Waals surface area contributed by atoms with Crippen molar-refractivity contribution in [1.82, 2.24) is 4.90 Å². The zero-order valence-electron chi connectivity index (χ0n) is 13.2. The molecule has 1 fully saturated rings. The number of rotatable bonds is 5. The molecule has 1 aromatic rings. The molecular weight excluding hydrogens is 266 g/mol. The van der Waals surface area contributed by atoms with Crippen molar-refractivity contribution in [2.45, 2.75) is 33.2 Å². The molecule has 0 amide bonds. The SMILES string of the molecule is CCOC(=O)C1CCCN(Cc2cc(C)ccc2OC)C1. The fraction of sp³-hybridized carbons (Fsp3) is 0.588. The molecule has 1 atom stereocenters. The molecule has 4 nitrogen and oxygen atoms in total. The number of nitrogens with zero attached hydrogens (tertiary/aromatic N) is 1. The van der Waals surface area contributed by atoms with E-state index in [4.69, 9.17) is 9.47 Å². The van der Waals surface area contributed by atoms with Gasteiger partial charge in [0.2, 0.25) is 0 Å². The van der Waals surface area contributed by atoms with Gasteiger partial charge in [-0.3, -0.25) is 9.69 Å². The summed E-state index contributed by atoms with van der Waals surface area (Å²) in [6.07, 6.45) is 1.97. The third-order valence-corrected chi connectivity index (χ3v) is 3.96. The topological polar surface area (TPSA) is 38.8 Å². The number of aryl methyl sites for hydroxylation is 1. The average molecular weight is 291 g/mol. The Balaban J connectivity index is 2.02. The number of likely N-dealkylation sites (tertiary alicyclic amines) is 1. The van der Waals surface area contributed by atoms with Crippen molar-refractivity contribution in [3.8, 4) is 5.75 Å². The lowest BCUT2D eigenvalue weighted by Gasteiger charge is -2.31. The fourth-order valence-electron chi connectivity index (χ4n) is 2.92. The molecule has 0 aromatic heterocycles. The zero-order valence-corrected chi connectivity index (χ0v) is 13.2. The van der Waals surface area contributed by atoms with Crippen LogP contribution in [0.5, 0.6) is 5.75 Å². The van der Waals surface area contributed by atoms with Crippen molar-refractivity contribution in [3.05, 3.63) is 29.3 Å². The Labute approximate surface area is 127 Å². The van der Waals surface area contributed by atoms with E-state index in [0.717, 1.165) is 38.2 Å². The van der Waals surface area contributed by atoms with Gasteiger partial charge >= 0.3 is 5.97 Å². The highest BCUT2D eigenvalue weighted by Crippen LogP contribution is 2.25. The lowest BCUT2D eigenvalue weighted by molar-refractivity contribution is -0.150. The van der Waals surface area contributed by atoms with Crippen molar-refractivity contribution >= 4 is 5.97 Å². The minimum absolute atomic E-state index is 0.00880. The highest BCUT2D eigenvalue weighted by atomic mass is 16.5. The number of esters is 1. The van der Waals surface area contributed by atoms with Crippen LogP contribution in [-0.2, 0) is 16.1 Å². The van der Waals surface area contributed by atoms with E-state index in [-0.39, 0.29) is 11.9 Å². The predicted molar refractivity (Wildman–Crippen MR) is 82.4 cm³/mol. The maximum absolute atomic E-state index is 11.9. The molecule has 2 rings (SSSR count). The normalized spacial score (nSPS) is 19.3. The first-order valence-electron chi connectivity index (χ1n) is 7.66. The van der Waals surface area contributed by atoms with Crippen LogP contribution in [0.4, 0.5) is 0 Å². The van der Waals surface area contributed by atoms with E-state index in [1.165, 1.54) is 11.1 Å². The molecule has 0 bridgehead atoms. The first-order valence-corrected chi connectivity index (χ1v) is 7.66. The van der Waals surface area contributed by atoms with Crippen LogP contribution in [0.15, 0.2) is 18.2 Å². The Morgan fingerprint density at radius 3 is 2.95 bits per heavy atom. The second-order valence-electron chi connectivity index (χ2n) is 5.64. The summed E-state index contributed by atoms with van der Waals surface area (Å²) in [5.41, 5.74) is 2.41. The van der Waals surface area contributed by atoms with E-state index in [9.17, 15) is 4.79 Å². The van der Waals surface area contributed by atoms with Gasteiger partial charge in [-0.05, 0) is 39.3 Å². The molecule has 0 N–H and O–H groups in total. The molecule has 1 aliphatic heterocycles. The number of methoxy groups -OCH3 is 1. The zero-order chi connectivity index (χ0) is 15.2. The molecular formula is C17H25NO3. The minimum Gasteiger partial charge on any atom is -0.496 e. The number of benzene rings is 1. The quantitative estimate of drug-likeness (QED) is 0.782. The van der Waals surface area contributed by atoms with E-state index >= 15 is 0 Å². The van der Waals surface area contributed by atoms with Crippen LogP contribution in [0.25, 0.3) is 0 Å². The lowest BCUT2D eigenvalue weighted by Crippen LogP contribution is -2.39. The van der Waals surface area contributed by atoms with Crippen molar-refractivity contribution < 1.29 is 14.3 Å². The predicted octanol–water partition coefficient (Wildman–Crippen LogP) is 2.78. The average Bonchev–Trinajstić information content (AvgIpc) is 2.48. The molecule has 0 saturated carbocycles. The molecule has 1 aromatic carbocycles. The van der Waals surface area contributed by atoms with Crippen molar-refractivity contribution in [3.63, 3.8) is 0 Å². The van der Waals surface area contributed by atoms with E-state index in [0.29, 0.717) is 6.61 Å². The largest absolute Gasteiger partial charge is 0.496 e. The van der Waals surface area contributed by atoms with Crippen LogP contribution in [0, 0.1) is 12.8 Å². The van der Waals surface area contributed by atoms with Crippen molar-refractivity contribution in [1.29, 1.82) is 0 Å². The van der Waals surface area contributed by atoms with Gasteiger partial charge in [0.05, 0.1) is 19.6 Å². The van der Waals surface area contributed by atoms with Gasteiger partial charge in [-0.15, -0.1) is 0 Å². The highest BCUT2D eigenvalue weighted by Gasteiger charge is 2.27. The number of hydrogen-bond acceptors (Lipinski definition) is 4. The van der Waals surface area contributed by atoms with Crippen LogP contribution in [0.1, 0.15) is 30.9 Å². The number of carbonyl (C=O) groups is 1. The second-order valence-corrected chi connectivity index (χ2v) is 5.64. The van der Waals surface area contributed by atoms with Crippen LogP contribution in [-0.4, -0.2) is 37.7 Å². The summed E-state index contributed by atoms with van der Waals surface area (Å²) in [5, 5.41) is 0. The lowest BCUT2D eigenvalue weighted by atomic mass is 9.97. The Kier molecular flexibility index (Phi) is 5.62. The smallest absolute Gasteiger partial charge is 0.310 e. The number of ether oxygens (including phenoxy) is 2. The summed E-state index contributed by atoms with van der Waals surface area (Å²) in [5.74, 6) is 0.867. The van der Waals surface area contributed by atoms with Gasteiger partial charge < -0.3 is 9.47 Å². The van der Waals surface area contributed by atoms with Gasteiger partial charge in [-0.1, -0.05) is 17.7 Å². The molecule has 4 heteroatoms. The first kappa shape index (κ1) is 15.8. The summed E-state index contributed by atoms with van der Waals surface area (Å²) in [7, 11) is 1.70. The van der Waals surface area contributed by atoms with Gasteiger partial charge in [0.25, 0.3) is 0 Å².